The predicted molar refractivity (Wildman–Crippen MR) is 143 cm³/mol. The molecule has 5 nitrogen and oxygen atoms in total. The topological polar surface area (TPSA) is 53.4 Å². The van der Waals surface area contributed by atoms with E-state index in [1.54, 1.807) is 11.3 Å². The second-order valence-electron chi connectivity index (χ2n) is 9.70. The van der Waals surface area contributed by atoms with E-state index in [1.807, 2.05) is 52.0 Å². The summed E-state index contributed by atoms with van der Waals surface area (Å²) in [7, 11) is 1.39. The van der Waals surface area contributed by atoms with Crippen LogP contribution in [0.2, 0.25) is 5.02 Å². The fraction of sp³-hybridized carbons (Fsp3) is 0.357. The second kappa shape index (κ2) is 9.76. The van der Waals surface area contributed by atoms with E-state index in [2.05, 4.69) is 35.9 Å². The summed E-state index contributed by atoms with van der Waals surface area (Å²) in [5.74, 6) is -0.452. The fourth-order valence-electron chi connectivity index (χ4n) is 4.47. The SMILES string of the molecule is COC(=O)[C@@H](OC(C)(C)C)c1c(C)nc2c(c(C)c(C)n2Cc2cccs2)c1-c1ccc(Cl)cc1. The minimum atomic E-state index is -0.928. The van der Waals surface area contributed by atoms with Crippen LogP contribution in [0.5, 0.6) is 0 Å². The Morgan fingerprint density at radius 2 is 1.83 bits per heavy atom. The van der Waals surface area contributed by atoms with Crippen molar-refractivity contribution in [3.05, 3.63) is 74.2 Å². The van der Waals surface area contributed by atoms with Gasteiger partial charge in [-0.1, -0.05) is 29.8 Å². The average Bonchev–Trinajstić information content (AvgIpc) is 3.39. The van der Waals surface area contributed by atoms with E-state index in [0.29, 0.717) is 5.02 Å². The molecule has 35 heavy (non-hydrogen) atoms. The van der Waals surface area contributed by atoms with Gasteiger partial charge in [-0.3, -0.25) is 0 Å². The van der Waals surface area contributed by atoms with Crippen LogP contribution < -0.4 is 0 Å². The first-order valence-corrected chi connectivity index (χ1v) is 12.8. The standard InChI is InChI=1S/C28H31ClN2O3S/c1-16-18(3)31(15-21-9-8-14-35-21)26-22(16)24(19-10-12-20(29)13-11-19)23(17(2)30-26)25(27(32)33-7)34-28(4,5)6/h8-14,25H,15H2,1-7H3/t25-/m0/s1. The molecule has 0 aliphatic rings. The van der Waals surface area contributed by atoms with Crippen molar-refractivity contribution >= 4 is 39.9 Å². The zero-order valence-electron chi connectivity index (χ0n) is 21.2. The lowest BCUT2D eigenvalue weighted by Gasteiger charge is -2.28. The lowest BCUT2D eigenvalue weighted by molar-refractivity contribution is -0.164. The lowest BCUT2D eigenvalue weighted by atomic mass is 9.91. The lowest BCUT2D eigenvalue weighted by Crippen LogP contribution is -2.29. The third kappa shape index (κ3) is 5.01. The van der Waals surface area contributed by atoms with Gasteiger partial charge in [0.15, 0.2) is 6.10 Å². The Kier molecular flexibility index (Phi) is 7.09. The van der Waals surface area contributed by atoms with Gasteiger partial charge < -0.3 is 14.0 Å². The van der Waals surface area contributed by atoms with E-state index in [0.717, 1.165) is 51.2 Å². The monoisotopic (exact) mass is 510 g/mol. The molecule has 0 aliphatic heterocycles. The molecule has 0 radical (unpaired) electrons. The highest BCUT2D eigenvalue weighted by molar-refractivity contribution is 7.09. The third-order valence-electron chi connectivity index (χ3n) is 6.16. The number of hydrogen-bond donors (Lipinski definition) is 0. The molecule has 0 aliphatic carbocycles. The number of ether oxygens (including phenoxy) is 2. The molecule has 0 N–H and O–H groups in total. The highest BCUT2D eigenvalue weighted by atomic mass is 35.5. The second-order valence-corrected chi connectivity index (χ2v) is 11.2. The number of aromatic nitrogens is 2. The van der Waals surface area contributed by atoms with Crippen LogP contribution in [0.1, 0.15) is 54.3 Å². The summed E-state index contributed by atoms with van der Waals surface area (Å²) in [6, 6.07) is 11.9. The van der Waals surface area contributed by atoms with E-state index < -0.39 is 17.7 Å². The molecule has 3 aromatic heterocycles. The number of methoxy groups -OCH3 is 1. The molecule has 184 valence electrons. The largest absolute Gasteiger partial charge is 0.467 e. The summed E-state index contributed by atoms with van der Waals surface area (Å²) in [5, 5.41) is 3.74. The third-order valence-corrected chi connectivity index (χ3v) is 7.27. The first-order chi connectivity index (χ1) is 16.5. The molecule has 0 spiro atoms. The number of fused-ring (bicyclic) bond motifs is 1. The minimum Gasteiger partial charge on any atom is -0.467 e. The summed E-state index contributed by atoms with van der Waals surface area (Å²) in [5.41, 5.74) is 5.89. The molecule has 7 heteroatoms. The molecule has 4 aromatic rings. The molecule has 4 rings (SSSR count). The van der Waals surface area contributed by atoms with Gasteiger partial charge in [0.05, 0.1) is 19.3 Å². The van der Waals surface area contributed by atoms with Crippen molar-refractivity contribution in [3.8, 4) is 11.1 Å². The van der Waals surface area contributed by atoms with Crippen molar-refractivity contribution in [2.45, 2.75) is 59.8 Å². The van der Waals surface area contributed by atoms with Crippen LogP contribution in [-0.4, -0.2) is 28.2 Å². The van der Waals surface area contributed by atoms with Crippen molar-refractivity contribution < 1.29 is 14.3 Å². The predicted octanol–water partition coefficient (Wildman–Crippen LogP) is 7.42. The number of nitrogens with zero attached hydrogens (tertiary/aromatic N) is 2. The number of halogens is 1. The fourth-order valence-corrected chi connectivity index (χ4v) is 5.29. The molecule has 1 aromatic carbocycles. The van der Waals surface area contributed by atoms with Gasteiger partial charge in [-0.05, 0) is 76.2 Å². The number of aryl methyl sites for hydroxylation is 2. The molecule has 0 saturated carbocycles. The van der Waals surface area contributed by atoms with Crippen LogP contribution in [0, 0.1) is 20.8 Å². The number of pyridine rings is 1. The summed E-state index contributed by atoms with van der Waals surface area (Å²) in [4.78, 5) is 19.4. The normalized spacial score (nSPS) is 12.8. The van der Waals surface area contributed by atoms with Crippen LogP contribution in [0.15, 0.2) is 41.8 Å². The van der Waals surface area contributed by atoms with Crippen LogP contribution in [-0.2, 0) is 20.8 Å². The molecule has 1 atom stereocenters. The smallest absolute Gasteiger partial charge is 0.339 e. The van der Waals surface area contributed by atoms with E-state index in [-0.39, 0.29) is 0 Å². The number of benzene rings is 1. The van der Waals surface area contributed by atoms with E-state index in [9.17, 15) is 4.79 Å². The molecule has 3 heterocycles. The Hall–Kier alpha value is -2.67. The summed E-state index contributed by atoms with van der Waals surface area (Å²) in [6.07, 6.45) is -0.928. The Bertz CT molecular complexity index is 1370. The number of thiophene rings is 1. The summed E-state index contributed by atoms with van der Waals surface area (Å²) < 4.78 is 13.8. The van der Waals surface area contributed by atoms with Gasteiger partial charge in [-0.2, -0.15) is 0 Å². The maximum absolute atomic E-state index is 13.1. The van der Waals surface area contributed by atoms with Gasteiger partial charge in [-0.15, -0.1) is 11.3 Å². The van der Waals surface area contributed by atoms with Crippen LogP contribution in [0.3, 0.4) is 0 Å². The van der Waals surface area contributed by atoms with Crippen molar-refractivity contribution in [2.24, 2.45) is 0 Å². The highest BCUT2D eigenvalue weighted by Crippen LogP contribution is 2.42. The molecule has 0 amide bonds. The average molecular weight is 511 g/mol. The quantitative estimate of drug-likeness (QED) is 0.253. The van der Waals surface area contributed by atoms with Gasteiger partial charge in [-0.25, -0.2) is 9.78 Å². The Morgan fingerprint density at radius 3 is 2.40 bits per heavy atom. The van der Waals surface area contributed by atoms with E-state index >= 15 is 0 Å². The Balaban J connectivity index is 2.09. The molecular weight excluding hydrogens is 480 g/mol. The molecular formula is C28H31ClN2O3S. The summed E-state index contributed by atoms with van der Waals surface area (Å²) in [6.45, 7) is 12.7. The molecule has 0 unspecified atom stereocenters. The maximum atomic E-state index is 13.1. The van der Waals surface area contributed by atoms with Gasteiger partial charge >= 0.3 is 5.97 Å². The van der Waals surface area contributed by atoms with Crippen LogP contribution in [0.25, 0.3) is 22.2 Å². The number of carbonyl (C=O) groups excluding carboxylic acids is 1. The first kappa shape index (κ1) is 25.4. The summed E-state index contributed by atoms with van der Waals surface area (Å²) >= 11 is 7.96. The molecule has 0 saturated heterocycles. The van der Waals surface area contributed by atoms with Gasteiger partial charge in [0.1, 0.15) is 5.65 Å². The number of esters is 1. The zero-order chi connectivity index (χ0) is 25.5. The van der Waals surface area contributed by atoms with Crippen molar-refractivity contribution in [1.82, 2.24) is 9.55 Å². The number of rotatable bonds is 6. The van der Waals surface area contributed by atoms with E-state index in [4.69, 9.17) is 26.1 Å². The van der Waals surface area contributed by atoms with E-state index in [1.165, 1.54) is 12.0 Å². The Morgan fingerprint density at radius 1 is 1.14 bits per heavy atom. The highest BCUT2D eigenvalue weighted by Gasteiger charge is 2.34. The molecule has 0 bridgehead atoms. The van der Waals surface area contributed by atoms with Crippen molar-refractivity contribution in [3.63, 3.8) is 0 Å². The van der Waals surface area contributed by atoms with Crippen LogP contribution in [0.4, 0.5) is 0 Å². The minimum absolute atomic E-state index is 0.452. The van der Waals surface area contributed by atoms with Crippen LogP contribution >= 0.6 is 22.9 Å². The van der Waals surface area contributed by atoms with Crippen molar-refractivity contribution in [2.75, 3.05) is 7.11 Å². The van der Waals surface area contributed by atoms with Gasteiger partial charge in [0, 0.05) is 37.8 Å². The maximum Gasteiger partial charge on any atom is 0.339 e. The van der Waals surface area contributed by atoms with Crippen molar-refractivity contribution in [1.29, 1.82) is 0 Å². The zero-order valence-corrected chi connectivity index (χ0v) is 22.8. The first-order valence-electron chi connectivity index (χ1n) is 11.6. The van der Waals surface area contributed by atoms with Gasteiger partial charge in [0.25, 0.3) is 0 Å². The van der Waals surface area contributed by atoms with Gasteiger partial charge in [0.2, 0.25) is 0 Å². The Labute approximate surface area is 215 Å². The molecule has 0 fully saturated rings. The number of hydrogen-bond acceptors (Lipinski definition) is 5. The number of carbonyl (C=O) groups is 1.